The van der Waals surface area contributed by atoms with Crippen molar-refractivity contribution in [2.24, 2.45) is 20.0 Å². The number of amidine groups is 3. The number of benzene rings is 6. The summed E-state index contributed by atoms with van der Waals surface area (Å²) in [5.41, 5.74) is 1.51. The Kier molecular flexibility index (Phi) is 12.6. The van der Waals surface area contributed by atoms with Gasteiger partial charge in [-0.3, -0.25) is 0 Å². The van der Waals surface area contributed by atoms with Crippen LogP contribution in [0.15, 0.2) is 177 Å². The Balaban J connectivity index is 1.09. The Morgan fingerprint density at radius 2 is 0.930 bits per heavy atom. The molecule has 0 amide bonds. The molecule has 0 bridgehead atoms. The maximum atomic E-state index is 14.2. The van der Waals surface area contributed by atoms with Gasteiger partial charge in [0.05, 0.1) is 16.7 Å². The average Bonchev–Trinajstić information content (AvgIpc) is 3.33. The van der Waals surface area contributed by atoms with Crippen LogP contribution in [-0.4, -0.2) is 42.5 Å². The molecule has 3 aliphatic heterocycles. The highest BCUT2D eigenvalue weighted by Gasteiger charge is 2.36. The summed E-state index contributed by atoms with van der Waals surface area (Å²) in [6.45, 7) is 0. The molecule has 0 saturated heterocycles. The molecule has 6 aromatic rings. The minimum Gasteiger partial charge on any atom is -0.388 e. The second-order valence-corrected chi connectivity index (χ2v) is 17.5. The van der Waals surface area contributed by atoms with Gasteiger partial charge >= 0.3 is 22.5 Å². The number of allylic oxidation sites excluding steroid dienone is 2. The monoisotopic (exact) mass is 1090 g/mol. The van der Waals surface area contributed by atoms with E-state index in [0.717, 1.165) is 59.0 Å². The van der Waals surface area contributed by atoms with Crippen LogP contribution in [0.3, 0.4) is 0 Å². The number of anilines is 5. The topological polar surface area (TPSA) is 80.0 Å². The Hall–Kier alpha value is -7.36. The average molecular weight is 1090 g/mol. The van der Waals surface area contributed by atoms with Crippen LogP contribution in [0.4, 0.5) is 76.7 Å². The molecule has 0 spiro atoms. The summed E-state index contributed by atoms with van der Waals surface area (Å²) < 4.78 is 148. The standard InChI is InChI=1S/C51H34F11IN8/c1-64-40-26-30(44(28-6-11-31(12-7-28)48(52,53)54)29-8-13-34(14-9-29)51(61,62)63)10-24-38(40)45-66-42-4-3-5-43-67-46(69-47(68-45)71(42)43)39-25-23-37(27-41(39)65-2)70(35-19-15-32(16-20-35)49(55,56)57)36-21-17-33(18-22-36)50(58,59)60/h3-27,44,64-65H,1-2H3. The molecule has 9 rings (SSSR count). The molecule has 3 heterocycles. The van der Waals surface area contributed by atoms with Crippen molar-refractivity contribution in [3.63, 3.8) is 0 Å². The van der Waals surface area contributed by atoms with E-state index in [2.05, 4.69) is 10.6 Å². The van der Waals surface area contributed by atoms with Gasteiger partial charge in [-0.05, 0) is 120 Å². The normalized spacial score (nSPS) is 15.2. The Labute approximate surface area is 411 Å². The first kappa shape index (κ1) is 48.7. The molecule has 0 fully saturated rings. The predicted molar refractivity (Wildman–Crippen MR) is 260 cm³/mol. The Bertz CT molecular complexity index is 2920. The number of rotatable bonds is 11. The van der Waals surface area contributed by atoms with Crippen LogP contribution in [0.1, 0.15) is 56.0 Å². The summed E-state index contributed by atoms with van der Waals surface area (Å²) in [6.07, 6.45) is -8.64. The SMILES string of the molecule is CNc1cc(C(c2ccc(C(F)(F)F)cc2)c2ccc(C(F)(F)I)cc2)ccc1C1=NC2=CC=CC3=NC(c4ccc(N(c5ccc(C(F)(F)F)cc5)c5ccc(C(F)(F)F)cc5)cc4NC)=NC(=N1)N23. The van der Waals surface area contributed by atoms with Crippen LogP contribution >= 0.6 is 22.6 Å². The minimum absolute atomic E-state index is 0.175. The smallest absolute Gasteiger partial charge is 0.388 e. The lowest BCUT2D eigenvalue weighted by Gasteiger charge is -2.32. The fourth-order valence-corrected chi connectivity index (χ4v) is 8.62. The summed E-state index contributed by atoms with van der Waals surface area (Å²) >= 11 is 1.03. The number of alkyl halides is 12. The van der Waals surface area contributed by atoms with Crippen molar-refractivity contribution in [1.29, 1.82) is 0 Å². The quantitative estimate of drug-likeness (QED) is 0.0586. The van der Waals surface area contributed by atoms with Gasteiger partial charge in [0.15, 0.2) is 11.7 Å². The van der Waals surface area contributed by atoms with E-state index in [1.165, 1.54) is 65.6 Å². The van der Waals surface area contributed by atoms with Crippen LogP contribution in [0.25, 0.3) is 0 Å². The summed E-state index contributed by atoms with van der Waals surface area (Å²) in [5.74, 6) is 0.739. The third-order valence-electron chi connectivity index (χ3n) is 11.7. The van der Waals surface area contributed by atoms with Crippen molar-refractivity contribution in [3.05, 3.63) is 208 Å². The van der Waals surface area contributed by atoms with Gasteiger partial charge in [-0.1, -0.05) is 48.5 Å². The summed E-state index contributed by atoms with van der Waals surface area (Å²) in [5, 5.41) is 6.28. The van der Waals surface area contributed by atoms with Gasteiger partial charge in [0.1, 0.15) is 11.7 Å². The van der Waals surface area contributed by atoms with Crippen molar-refractivity contribution in [1.82, 2.24) is 4.90 Å². The first-order chi connectivity index (χ1) is 33.6. The molecule has 0 aliphatic carbocycles. The molecule has 71 heavy (non-hydrogen) atoms. The molecular weight excluding hydrogens is 1060 g/mol. The van der Waals surface area contributed by atoms with Gasteiger partial charge in [-0.25, -0.2) is 14.9 Å². The van der Waals surface area contributed by atoms with Gasteiger partial charge in [-0.2, -0.15) is 58.3 Å². The lowest BCUT2D eigenvalue weighted by atomic mass is 9.84. The van der Waals surface area contributed by atoms with Crippen LogP contribution in [-0.2, 0) is 22.5 Å². The van der Waals surface area contributed by atoms with Crippen molar-refractivity contribution in [2.45, 2.75) is 28.4 Å². The number of nitrogens with one attached hydrogen (secondary N) is 2. The number of aliphatic imine (C=N–C) groups is 4. The zero-order valence-electron chi connectivity index (χ0n) is 36.7. The third-order valence-corrected chi connectivity index (χ3v) is 12.3. The van der Waals surface area contributed by atoms with E-state index in [1.807, 2.05) is 0 Å². The van der Waals surface area contributed by atoms with E-state index in [4.69, 9.17) is 20.0 Å². The van der Waals surface area contributed by atoms with Crippen LogP contribution < -0.4 is 15.5 Å². The van der Waals surface area contributed by atoms with Gasteiger partial charge in [0.2, 0.25) is 5.96 Å². The van der Waals surface area contributed by atoms with E-state index < -0.39 is 45.1 Å². The lowest BCUT2D eigenvalue weighted by Crippen LogP contribution is -2.41. The van der Waals surface area contributed by atoms with Crippen LogP contribution in [0.2, 0.25) is 0 Å². The summed E-state index contributed by atoms with van der Waals surface area (Å²) in [6, 6.07) is 28.9. The molecule has 3 aliphatic rings. The molecule has 1 unspecified atom stereocenters. The van der Waals surface area contributed by atoms with Crippen molar-refractivity contribution < 1.29 is 48.3 Å². The van der Waals surface area contributed by atoms with E-state index in [-0.39, 0.29) is 34.6 Å². The van der Waals surface area contributed by atoms with Crippen molar-refractivity contribution in [2.75, 3.05) is 29.6 Å². The first-order valence-corrected chi connectivity index (χ1v) is 22.3. The van der Waals surface area contributed by atoms with Crippen molar-refractivity contribution in [3.8, 4) is 0 Å². The van der Waals surface area contributed by atoms with Gasteiger partial charge in [-0.15, -0.1) is 0 Å². The second-order valence-electron chi connectivity index (χ2n) is 16.1. The summed E-state index contributed by atoms with van der Waals surface area (Å²) in [4.78, 5) is 22.5. The molecule has 0 radical (unpaired) electrons. The van der Waals surface area contributed by atoms with E-state index in [9.17, 15) is 48.3 Å². The zero-order chi connectivity index (χ0) is 50.6. The molecule has 362 valence electrons. The fourth-order valence-electron chi connectivity index (χ4n) is 8.26. The van der Waals surface area contributed by atoms with E-state index in [0.29, 0.717) is 56.5 Å². The van der Waals surface area contributed by atoms with Crippen LogP contribution in [0, 0.1) is 0 Å². The molecule has 0 aromatic heterocycles. The number of nitrogens with zero attached hydrogens (tertiary/aromatic N) is 6. The number of guanidine groups is 1. The maximum Gasteiger partial charge on any atom is 0.416 e. The van der Waals surface area contributed by atoms with Gasteiger partial charge in [0, 0.05) is 87.7 Å². The Morgan fingerprint density at radius 1 is 0.493 bits per heavy atom. The predicted octanol–water partition coefficient (Wildman–Crippen LogP) is 14.6. The lowest BCUT2D eigenvalue weighted by molar-refractivity contribution is -0.138. The van der Waals surface area contributed by atoms with Gasteiger partial charge in [0.25, 0.3) is 0 Å². The molecule has 6 aromatic carbocycles. The number of hydrogen-bond acceptors (Lipinski definition) is 8. The highest BCUT2D eigenvalue weighted by atomic mass is 127. The molecule has 8 nitrogen and oxygen atoms in total. The Morgan fingerprint density at radius 3 is 1.42 bits per heavy atom. The molecule has 0 saturated carbocycles. The van der Waals surface area contributed by atoms with E-state index in [1.54, 1.807) is 73.6 Å². The molecule has 2 N–H and O–H groups in total. The minimum atomic E-state index is -4.63. The first-order valence-electron chi connectivity index (χ1n) is 21.3. The molecule has 1 atom stereocenters. The highest BCUT2D eigenvalue weighted by molar-refractivity contribution is 14.1. The van der Waals surface area contributed by atoms with Gasteiger partial charge < -0.3 is 15.5 Å². The summed E-state index contributed by atoms with van der Waals surface area (Å²) in [7, 11) is 3.29. The third kappa shape index (κ3) is 9.89. The number of halogens is 12. The largest absolute Gasteiger partial charge is 0.416 e. The fraction of sp³-hybridized carbons (Fsp3) is 0.137. The maximum absolute atomic E-state index is 14.2. The highest BCUT2D eigenvalue weighted by Crippen LogP contribution is 2.43. The second kappa shape index (κ2) is 18.4. The molecule has 20 heteroatoms. The number of hydrogen-bond donors (Lipinski definition) is 2. The van der Waals surface area contributed by atoms with E-state index >= 15 is 0 Å². The van der Waals surface area contributed by atoms with Crippen LogP contribution in [0.5, 0.6) is 0 Å². The van der Waals surface area contributed by atoms with Crippen molar-refractivity contribution >= 4 is 74.5 Å². The molecular formula is C51H34F11IN8. The zero-order valence-corrected chi connectivity index (χ0v) is 38.9.